The Kier molecular flexibility index (Phi) is 5.49. The Morgan fingerprint density at radius 2 is 1.86 bits per heavy atom. The van der Waals surface area contributed by atoms with Crippen LogP contribution in [-0.4, -0.2) is 30.7 Å². The predicted molar refractivity (Wildman–Crippen MR) is 117 cm³/mol. The molecule has 4 rings (SSSR count). The first kappa shape index (κ1) is 21.1. The van der Waals surface area contributed by atoms with Crippen LogP contribution in [0.2, 0.25) is 0 Å². The van der Waals surface area contributed by atoms with Gasteiger partial charge in [-0.3, -0.25) is 9.59 Å². The van der Waals surface area contributed by atoms with E-state index in [9.17, 15) is 9.59 Å². The van der Waals surface area contributed by atoms with Gasteiger partial charge in [-0.2, -0.15) is 0 Å². The fraction of sp³-hybridized carbons (Fsp3) is 0.846. The highest BCUT2D eigenvalue weighted by Crippen LogP contribution is 2.65. The number of hydrogen-bond donors (Lipinski definition) is 0. The van der Waals surface area contributed by atoms with Gasteiger partial charge in [-0.25, -0.2) is 0 Å². The molecule has 0 spiro atoms. The smallest absolute Gasteiger partial charge is 0.222 e. The first-order valence-corrected chi connectivity index (χ1v) is 12.1. The van der Waals surface area contributed by atoms with Crippen LogP contribution in [0, 0.1) is 34.5 Å². The van der Waals surface area contributed by atoms with Crippen molar-refractivity contribution in [2.24, 2.45) is 34.5 Å². The molecule has 0 saturated heterocycles. The molecule has 29 heavy (non-hydrogen) atoms. The Balaban J connectivity index is 1.53. The highest BCUT2D eigenvalue weighted by molar-refractivity contribution is 5.80. The van der Waals surface area contributed by atoms with Crippen molar-refractivity contribution in [2.75, 3.05) is 14.1 Å². The maximum atomic E-state index is 12.1. The summed E-state index contributed by atoms with van der Waals surface area (Å²) in [6, 6.07) is 0. The van der Waals surface area contributed by atoms with Crippen LogP contribution in [0.1, 0.15) is 91.4 Å². The van der Waals surface area contributed by atoms with E-state index in [1.807, 2.05) is 19.7 Å². The number of Topliss-reactive ketones (excluding diaryl/α,β-unsaturated/α-hetero) is 1. The van der Waals surface area contributed by atoms with Gasteiger partial charge in [-0.1, -0.05) is 31.9 Å². The summed E-state index contributed by atoms with van der Waals surface area (Å²) in [7, 11) is 3.73. The molecule has 0 aromatic carbocycles. The van der Waals surface area contributed by atoms with Gasteiger partial charge in [0, 0.05) is 33.4 Å². The molecule has 3 nitrogen and oxygen atoms in total. The maximum absolute atomic E-state index is 12.1. The van der Waals surface area contributed by atoms with Crippen LogP contribution in [0.4, 0.5) is 0 Å². The SMILES string of the molecule is C[C@H](CCC(=O)N(C)C)[C@H]1CC[C@H]2C3=C(CC[C@]12C)[C@@]1(C)CCC(=O)CC1CC3. The van der Waals surface area contributed by atoms with Crippen LogP contribution in [0.5, 0.6) is 0 Å². The van der Waals surface area contributed by atoms with Gasteiger partial charge in [0.05, 0.1) is 0 Å². The Morgan fingerprint density at radius 1 is 1.10 bits per heavy atom. The second-order valence-electron chi connectivity index (χ2n) is 11.4. The molecule has 0 N–H and O–H groups in total. The fourth-order valence-electron chi connectivity index (χ4n) is 8.00. The Hall–Kier alpha value is -1.12. The van der Waals surface area contributed by atoms with Crippen LogP contribution in [0.3, 0.4) is 0 Å². The molecule has 0 bridgehead atoms. The summed E-state index contributed by atoms with van der Waals surface area (Å²) in [5.41, 5.74) is 4.29. The van der Waals surface area contributed by atoms with Crippen molar-refractivity contribution < 1.29 is 9.59 Å². The average Bonchev–Trinajstić information content (AvgIpc) is 3.03. The maximum Gasteiger partial charge on any atom is 0.222 e. The van der Waals surface area contributed by atoms with Crippen molar-refractivity contribution in [1.82, 2.24) is 4.90 Å². The third-order valence-corrected chi connectivity index (χ3v) is 9.88. The van der Waals surface area contributed by atoms with Crippen LogP contribution in [0.25, 0.3) is 0 Å². The van der Waals surface area contributed by atoms with Crippen molar-refractivity contribution in [3.05, 3.63) is 11.1 Å². The second kappa shape index (κ2) is 7.54. The monoisotopic (exact) mass is 399 g/mol. The molecule has 162 valence electrons. The Bertz CT molecular complexity index is 722. The lowest BCUT2D eigenvalue weighted by Crippen LogP contribution is -2.45. The third-order valence-electron chi connectivity index (χ3n) is 9.88. The van der Waals surface area contributed by atoms with E-state index in [1.54, 1.807) is 10.5 Å². The molecule has 3 heteroatoms. The van der Waals surface area contributed by atoms with Gasteiger partial charge in [0.1, 0.15) is 5.78 Å². The number of nitrogens with zero attached hydrogens (tertiary/aromatic N) is 1. The molecule has 0 aromatic heterocycles. The Morgan fingerprint density at radius 3 is 2.59 bits per heavy atom. The third kappa shape index (κ3) is 3.41. The Labute approximate surface area is 177 Å². The summed E-state index contributed by atoms with van der Waals surface area (Å²) in [6.45, 7) is 7.46. The molecular weight excluding hydrogens is 358 g/mol. The van der Waals surface area contributed by atoms with E-state index in [2.05, 4.69) is 20.8 Å². The van der Waals surface area contributed by atoms with Crippen LogP contribution < -0.4 is 0 Å². The summed E-state index contributed by atoms with van der Waals surface area (Å²) in [4.78, 5) is 25.9. The van der Waals surface area contributed by atoms with Crippen LogP contribution in [0.15, 0.2) is 11.1 Å². The van der Waals surface area contributed by atoms with Gasteiger partial charge in [-0.05, 0) is 85.9 Å². The van der Waals surface area contributed by atoms with E-state index in [0.717, 1.165) is 37.5 Å². The minimum atomic E-state index is 0.267. The molecule has 6 atom stereocenters. The van der Waals surface area contributed by atoms with Crippen molar-refractivity contribution in [3.8, 4) is 0 Å². The number of allylic oxidation sites excluding steroid dienone is 2. The van der Waals surface area contributed by atoms with E-state index < -0.39 is 0 Å². The molecule has 2 saturated carbocycles. The van der Waals surface area contributed by atoms with Crippen molar-refractivity contribution >= 4 is 11.7 Å². The second-order valence-corrected chi connectivity index (χ2v) is 11.4. The number of hydrogen-bond acceptors (Lipinski definition) is 2. The van der Waals surface area contributed by atoms with Crippen molar-refractivity contribution in [2.45, 2.75) is 91.4 Å². The average molecular weight is 400 g/mol. The summed E-state index contributed by atoms with van der Waals surface area (Å²) >= 11 is 0. The molecule has 0 aliphatic heterocycles. The standard InChI is InChI=1S/C26H41NO2/c1-17(6-11-24(29)27(4)5)21-9-10-22-20-8-7-18-16-19(28)12-14-25(18,2)23(20)13-15-26(21,22)3/h17-18,21-22H,6-16H2,1-5H3/t17-,18?,21-,22+,25+,26-/m1/s1. The molecule has 1 amide bonds. The number of carbonyl (C=O) groups excluding carboxylic acids is 2. The number of carbonyl (C=O) groups is 2. The number of ketones is 1. The van der Waals surface area contributed by atoms with E-state index >= 15 is 0 Å². The predicted octanol–water partition coefficient (Wildman–Crippen LogP) is 5.78. The van der Waals surface area contributed by atoms with Gasteiger partial charge >= 0.3 is 0 Å². The molecular formula is C26H41NO2. The van der Waals surface area contributed by atoms with Crippen LogP contribution >= 0.6 is 0 Å². The van der Waals surface area contributed by atoms with Crippen LogP contribution in [-0.2, 0) is 9.59 Å². The van der Waals surface area contributed by atoms with Gasteiger partial charge in [-0.15, -0.1) is 0 Å². The molecule has 4 aliphatic carbocycles. The highest BCUT2D eigenvalue weighted by Gasteiger charge is 2.55. The summed E-state index contributed by atoms with van der Waals surface area (Å²) in [5, 5.41) is 0. The van der Waals surface area contributed by atoms with Gasteiger partial charge in [0.2, 0.25) is 5.91 Å². The van der Waals surface area contributed by atoms with E-state index in [-0.39, 0.29) is 5.91 Å². The molecule has 1 unspecified atom stereocenters. The zero-order valence-corrected chi connectivity index (χ0v) is 19.4. The lowest BCUT2D eigenvalue weighted by atomic mass is 9.50. The highest BCUT2D eigenvalue weighted by atomic mass is 16.2. The number of fused-ring (bicyclic) bond motifs is 4. The number of rotatable bonds is 4. The summed E-state index contributed by atoms with van der Waals surface area (Å²) < 4.78 is 0. The van der Waals surface area contributed by atoms with E-state index in [0.29, 0.717) is 34.9 Å². The largest absolute Gasteiger partial charge is 0.349 e. The molecule has 2 fully saturated rings. The molecule has 0 aromatic rings. The van der Waals surface area contributed by atoms with Crippen molar-refractivity contribution in [3.63, 3.8) is 0 Å². The van der Waals surface area contributed by atoms with Crippen molar-refractivity contribution in [1.29, 1.82) is 0 Å². The normalized spacial score (nSPS) is 40.2. The lowest BCUT2D eigenvalue weighted by Gasteiger charge is -2.54. The zero-order valence-electron chi connectivity index (χ0n) is 19.4. The quantitative estimate of drug-likeness (QED) is 0.562. The molecule has 4 aliphatic rings. The van der Waals surface area contributed by atoms with E-state index in [4.69, 9.17) is 0 Å². The van der Waals surface area contributed by atoms with Gasteiger partial charge in [0.15, 0.2) is 0 Å². The number of amides is 1. The molecule has 0 radical (unpaired) electrons. The minimum absolute atomic E-state index is 0.267. The van der Waals surface area contributed by atoms with Gasteiger partial charge in [0.25, 0.3) is 0 Å². The van der Waals surface area contributed by atoms with Gasteiger partial charge < -0.3 is 4.90 Å². The topological polar surface area (TPSA) is 37.4 Å². The first-order chi connectivity index (χ1) is 13.7. The first-order valence-electron chi connectivity index (χ1n) is 12.1. The summed E-state index contributed by atoms with van der Waals surface area (Å²) in [5.74, 6) is 3.48. The lowest BCUT2D eigenvalue weighted by molar-refractivity contribution is -0.129. The fourth-order valence-corrected chi connectivity index (χ4v) is 8.00. The van der Waals surface area contributed by atoms with E-state index in [1.165, 1.54) is 38.5 Å². The minimum Gasteiger partial charge on any atom is -0.349 e. The molecule has 0 heterocycles. The zero-order chi connectivity index (χ0) is 21.0. The summed E-state index contributed by atoms with van der Waals surface area (Å²) in [6.07, 6.45) is 12.1.